The molecule has 2 nitrogen and oxygen atoms in total. The lowest BCUT2D eigenvalue weighted by atomic mass is 10.0. The number of nitrogens with zero attached hydrogens (tertiary/aromatic N) is 1. The van der Waals surface area contributed by atoms with Crippen LogP contribution in [0.4, 0.5) is 0 Å². The van der Waals surface area contributed by atoms with Gasteiger partial charge in [-0.05, 0) is 44.5 Å². The number of likely N-dealkylation sites (N-methyl/N-ethyl adjacent to an activating group) is 1. The molecule has 1 aromatic carbocycles. The van der Waals surface area contributed by atoms with E-state index in [4.69, 9.17) is 0 Å². The molecule has 0 aliphatic carbocycles. The minimum Gasteiger partial charge on any atom is -0.315 e. The van der Waals surface area contributed by atoms with Crippen LogP contribution in [0, 0.1) is 0 Å². The Morgan fingerprint density at radius 1 is 1.35 bits per heavy atom. The van der Waals surface area contributed by atoms with Crippen LogP contribution < -0.4 is 5.32 Å². The first-order valence-electron chi connectivity index (χ1n) is 6.74. The van der Waals surface area contributed by atoms with E-state index in [1.165, 1.54) is 17.5 Å². The van der Waals surface area contributed by atoms with Gasteiger partial charge in [-0.25, -0.2) is 0 Å². The van der Waals surface area contributed by atoms with Gasteiger partial charge in [-0.3, -0.25) is 4.90 Å². The largest absolute Gasteiger partial charge is 0.315 e. The quantitative estimate of drug-likeness (QED) is 0.858. The second kappa shape index (κ2) is 5.65. The van der Waals surface area contributed by atoms with Crippen molar-refractivity contribution in [2.24, 2.45) is 0 Å². The summed E-state index contributed by atoms with van der Waals surface area (Å²) in [6, 6.07) is 10.3. The normalized spacial score (nSPS) is 22.0. The Kier molecular flexibility index (Phi) is 4.19. The number of benzene rings is 1. The fourth-order valence-electron chi connectivity index (χ4n) is 2.57. The number of hydrogen-bond acceptors (Lipinski definition) is 2. The van der Waals surface area contributed by atoms with E-state index in [2.05, 4.69) is 55.4 Å². The summed E-state index contributed by atoms with van der Waals surface area (Å²) in [4.78, 5) is 2.50. The number of hydrogen-bond donors (Lipinski definition) is 1. The first kappa shape index (κ1) is 12.6. The van der Waals surface area contributed by atoms with Crippen molar-refractivity contribution in [3.8, 4) is 0 Å². The van der Waals surface area contributed by atoms with Crippen LogP contribution in [0.3, 0.4) is 0 Å². The van der Waals surface area contributed by atoms with E-state index in [0.717, 1.165) is 19.5 Å². The van der Waals surface area contributed by atoms with Crippen LogP contribution in [0.2, 0.25) is 0 Å². The van der Waals surface area contributed by atoms with Crippen molar-refractivity contribution >= 4 is 0 Å². The molecule has 2 heteroatoms. The third kappa shape index (κ3) is 2.88. The van der Waals surface area contributed by atoms with Gasteiger partial charge in [0.05, 0.1) is 0 Å². The van der Waals surface area contributed by atoms with E-state index in [-0.39, 0.29) is 0 Å². The maximum Gasteiger partial charge on any atom is 0.0320 e. The topological polar surface area (TPSA) is 15.3 Å². The molecular weight excluding hydrogens is 208 g/mol. The van der Waals surface area contributed by atoms with Crippen molar-refractivity contribution in [2.75, 3.05) is 20.1 Å². The summed E-state index contributed by atoms with van der Waals surface area (Å²) in [6.45, 7) is 6.80. The van der Waals surface area contributed by atoms with Crippen molar-refractivity contribution < 1.29 is 0 Å². The molecule has 94 valence electrons. The average Bonchev–Trinajstić information content (AvgIpc) is 2.91. The fourth-order valence-corrected chi connectivity index (χ4v) is 2.57. The molecule has 0 spiro atoms. The minimum absolute atomic E-state index is 0.505. The van der Waals surface area contributed by atoms with Crippen LogP contribution in [-0.4, -0.2) is 31.1 Å². The summed E-state index contributed by atoms with van der Waals surface area (Å²) < 4.78 is 0. The molecule has 2 rings (SSSR count). The van der Waals surface area contributed by atoms with E-state index in [1.54, 1.807) is 0 Å². The van der Waals surface area contributed by atoms with E-state index in [0.29, 0.717) is 12.1 Å². The third-order valence-electron chi connectivity index (χ3n) is 4.09. The average molecular weight is 232 g/mol. The summed E-state index contributed by atoms with van der Waals surface area (Å²) in [5, 5.41) is 3.44. The van der Waals surface area contributed by atoms with Gasteiger partial charge in [0.1, 0.15) is 0 Å². The highest BCUT2D eigenvalue weighted by Gasteiger charge is 2.23. The van der Waals surface area contributed by atoms with E-state index >= 15 is 0 Å². The van der Waals surface area contributed by atoms with Gasteiger partial charge in [0.15, 0.2) is 0 Å². The number of aryl methyl sites for hydroxylation is 1. The molecule has 0 radical (unpaired) electrons. The Balaban J connectivity index is 2.04. The van der Waals surface area contributed by atoms with Crippen LogP contribution in [0.1, 0.15) is 37.4 Å². The van der Waals surface area contributed by atoms with Crippen molar-refractivity contribution in [2.45, 2.75) is 38.8 Å². The fraction of sp³-hybridized carbons (Fsp3) is 0.600. The second-order valence-electron chi connectivity index (χ2n) is 5.08. The SMILES string of the molecule is CCc1ccc(C(C)N(C)C2CCNC2)cc1. The molecule has 1 heterocycles. The zero-order chi connectivity index (χ0) is 12.3. The summed E-state index contributed by atoms with van der Waals surface area (Å²) in [6.07, 6.45) is 2.39. The predicted octanol–water partition coefficient (Wildman–Crippen LogP) is 2.60. The zero-order valence-electron chi connectivity index (χ0n) is 11.2. The lowest BCUT2D eigenvalue weighted by Gasteiger charge is -2.30. The van der Waals surface area contributed by atoms with Gasteiger partial charge >= 0.3 is 0 Å². The molecule has 1 saturated heterocycles. The summed E-state index contributed by atoms with van der Waals surface area (Å²) in [5.41, 5.74) is 2.85. The summed E-state index contributed by atoms with van der Waals surface area (Å²) in [5.74, 6) is 0. The van der Waals surface area contributed by atoms with Gasteiger partial charge in [0, 0.05) is 18.6 Å². The minimum atomic E-state index is 0.505. The first-order valence-corrected chi connectivity index (χ1v) is 6.74. The van der Waals surface area contributed by atoms with Crippen LogP contribution in [0.25, 0.3) is 0 Å². The van der Waals surface area contributed by atoms with Gasteiger partial charge in [0.25, 0.3) is 0 Å². The van der Waals surface area contributed by atoms with Crippen LogP contribution >= 0.6 is 0 Å². The lowest BCUT2D eigenvalue weighted by molar-refractivity contribution is 0.197. The standard InChI is InChI=1S/C15H24N2/c1-4-13-5-7-14(8-6-13)12(2)17(3)15-9-10-16-11-15/h5-8,12,15-16H,4,9-11H2,1-3H3. The van der Waals surface area contributed by atoms with E-state index < -0.39 is 0 Å². The maximum atomic E-state index is 3.44. The molecule has 1 N–H and O–H groups in total. The molecule has 0 aromatic heterocycles. The number of rotatable bonds is 4. The molecule has 1 aromatic rings. The first-order chi connectivity index (χ1) is 8.22. The molecule has 0 bridgehead atoms. The summed E-state index contributed by atoms with van der Waals surface area (Å²) >= 11 is 0. The maximum absolute atomic E-state index is 3.44. The monoisotopic (exact) mass is 232 g/mol. The van der Waals surface area contributed by atoms with Crippen molar-refractivity contribution in [3.63, 3.8) is 0 Å². The molecule has 0 amide bonds. The van der Waals surface area contributed by atoms with Gasteiger partial charge in [-0.15, -0.1) is 0 Å². The molecule has 0 saturated carbocycles. The predicted molar refractivity (Wildman–Crippen MR) is 73.3 cm³/mol. The molecule has 17 heavy (non-hydrogen) atoms. The Bertz CT molecular complexity index is 338. The van der Waals surface area contributed by atoms with Crippen LogP contribution in [-0.2, 0) is 6.42 Å². The highest BCUT2D eigenvalue weighted by molar-refractivity contribution is 5.24. The highest BCUT2D eigenvalue weighted by Crippen LogP contribution is 2.23. The highest BCUT2D eigenvalue weighted by atomic mass is 15.2. The Labute approximate surface area is 105 Å². The Morgan fingerprint density at radius 3 is 2.59 bits per heavy atom. The van der Waals surface area contributed by atoms with Gasteiger partial charge in [-0.1, -0.05) is 31.2 Å². The lowest BCUT2D eigenvalue weighted by Crippen LogP contribution is -2.35. The van der Waals surface area contributed by atoms with Crippen molar-refractivity contribution in [1.82, 2.24) is 10.2 Å². The van der Waals surface area contributed by atoms with Crippen LogP contribution in [0.5, 0.6) is 0 Å². The van der Waals surface area contributed by atoms with Crippen molar-refractivity contribution in [1.29, 1.82) is 0 Å². The molecule has 2 unspecified atom stereocenters. The molecule has 1 fully saturated rings. The van der Waals surface area contributed by atoms with Crippen molar-refractivity contribution in [3.05, 3.63) is 35.4 Å². The van der Waals surface area contributed by atoms with E-state index in [1.807, 2.05) is 0 Å². The van der Waals surface area contributed by atoms with E-state index in [9.17, 15) is 0 Å². The molecule has 2 atom stereocenters. The summed E-state index contributed by atoms with van der Waals surface area (Å²) in [7, 11) is 2.25. The molecule has 1 aliphatic rings. The van der Waals surface area contributed by atoms with Crippen LogP contribution in [0.15, 0.2) is 24.3 Å². The Hall–Kier alpha value is -0.860. The molecular formula is C15H24N2. The third-order valence-corrected chi connectivity index (χ3v) is 4.09. The Morgan fingerprint density at radius 2 is 2.06 bits per heavy atom. The van der Waals surface area contributed by atoms with Gasteiger partial charge in [-0.2, -0.15) is 0 Å². The number of nitrogens with one attached hydrogen (secondary N) is 1. The van der Waals surface area contributed by atoms with Gasteiger partial charge < -0.3 is 5.32 Å². The smallest absolute Gasteiger partial charge is 0.0320 e. The van der Waals surface area contributed by atoms with Gasteiger partial charge in [0.2, 0.25) is 0 Å². The second-order valence-corrected chi connectivity index (χ2v) is 5.08. The zero-order valence-corrected chi connectivity index (χ0v) is 11.2. The molecule has 1 aliphatic heterocycles.